The van der Waals surface area contributed by atoms with E-state index in [0.29, 0.717) is 57.4 Å². The molecule has 2 heterocycles. The van der Waals surface area contributed by atoms with Crippen LogP contribution in [-0.4, -0.2) is 99.2 Å². The molecule has 1 saturated heterocycles. The van der Waals surface area contributed by atoms with Crippen LogP contribution >= 0.6 is 0 Å². The van der Waals surface area contributed by atoms with Gasteiger partial charge in [0.1, 0.15) is 5.75 Å². The normalized spacial score (nSPS) is 19.2. The standard InChI is InChI=1S/C27H44N4O4/c1-22(2)10-12-30-20-24-23(27(33)31-15-13-29(14-16-31)17-19-34-3)8-7-9-25(24)35-18-6-4-5-11-28-26(32)21-30/h7-9,22H,4-6,10-21H2,1-3H3,(H,28,32). The average Bonchev–Trinajstić information content (AvgIpc) is 2.87. The first-order valence-corrected chi connectivity index (χ1v) is 13.2. The van der Waals surface area contributed by atoms with E-state index in [-0.39, 0.29) is 11.8 Å². The third-order valence-corrected chi connectivity index (χ3v) is 6.81. The van der Waals surface area contributed by atoms with Gasteiger partial charge >= 0.3 is 0 Å². The number of benzene rings is 1. The van der Waals surface area contributed by atoms with Crippen molar-refractivity contribution in [2.45, 2.75) is 46.1 Å². The molecular formula is C27H44N4O4. The maximum atomic E-state index is 13.7. The van der Waals surface area contributed by atoms with Gasteiger partial charge in [-0.15, -0.1) is 0 Å². The van der Waals surface area contributed by atoms with Crippen LogP contribution in [0.3, 0.4) is 0 Å². The van der Waals surface area contributed by atoms with Gasteiger partial charge < -0.3 is 19.7 Å². The summed E-state index contributed by atoms with van der Waals surface area (Å²) < 4.78 is 11.4. The van der Waals surface area contributed by atoms with Crippen LogP contribution in [0.2, 0.25) is 0 Å². The number of hydrogen-bond acceptors (Lipinski definition) is 6. The Labute approximate surface area is 210 Å². The second kappa shape index (κ2) is 14.4. The molecule has 2 amide bonds. The number of piperazine rings is 1. The topological polar surface area (TPSA) is 74.4 Å². The van der Waals surface area contributed by atoms with Crippen molar-refractivity contribution in [3.8, 4) is 5.75 Å². The van der Waals surface area contributed by atoms with E-state index in [1.54, 1.807) is 7.11 Å². The maximum Gasteiger partial charge on any atom is 0.254 e. The molecule has 0 radical (unpaired) electrons. The quantitative estimate of drug-likeness (QED) is 0.636. The number of nitrogens with one attached hydrogen (secondary N) is 1. The summed E-state index contributed by atoms with van der Waals surface area (Å²) >= 11 is 0. The molecule has 0 aliphatic carbocycles. The molecule has 0 aromatic heterocycles. The van der Waals surface area contributed by atoms with Crippen LogP contribution in [0, 0.1) is 5.92 Å². The number of rotatable bonds is 7. The summed E-state index contributed by atoms with van der Waals surface area (Å²) in [5.41, 5.74) is 1.59. The van der Waals surface area contributed by atoms with E-state index < -0.39 is 0 Å². The molecule has 0 saturated carbocycles. The van der Waals surface area contributed by atoms with Gasteiger partial charge in [-0.25, -0.2) is 0 Å². The average molecular weight is 489 g/mol. The largest absolute Gasteiger partial charge is 0.493 e. The lowest BCUT2D eigenvalue weighted by molar-refractivity contribution is -0.122. The fourth-order valence-corrected chi connectivity index (χ4v) is 4.58. The Balaban J connectivity index is 1.82. The number of hydrogen-bond donors (Lipinski definition) is 1. The summed E-state index contributed by atoms with van der Waals surface area (Å²) in [6.45, 7) is 12.0. The molecule has 0 atom stereocenters. The smallest absolute Gasteiger partial charge is 0.254 e. The summed E-state index contributed by atoms with van der Waals surface area (Å²) in [5, 5.41) is 3.06. The number of fused-ring (bicyclic) bond motifs is 1. The van der Waals surface area contributed by atoms with E-state index in [1.807, 2.05) is 23.1 Å². The highest BCUT2D eigenvalue weighted by molar-refractivity contribution is 5.96. The molecule has 0 spiro atoms. The van der Waals surface area contributed by atoms with Crippen LogP contribution in [0.25, 0.3) is 0 Å². The number of nitrogens with zero attached hydrogens (tertiary/aromatic N) is 3. The maximum absolute atomic E-state index is 13.7. The monoisotopic (exact) mass is 488 g/mol. The van der Waals surface area contributed by atoms with E-state index in [4.69, 9.17) is 9.47 Å². The Morgan fingerprint density at radius 2 is 1.86 bits per heavy atom. The van der Waals surface area contributed by atoms with Crippen molar-refractivity contribution in [3.05, 3.63) is 29.3 Å². The molecule has 0 unspecified atom stereocenters. The number of ether oxygens (including phenoxy) is 2. The zero-order valence-electron chi connectivity index (χ0n) is 21.9. The Kier molecular flexibility index (Phi) is 11.3. The minimum absolute atomic E-state index is 0.0476. The molecule has 196 valence electrons. The van der Waals surface area contributed by atoms with Crippen LogP contribution < -0.4 is 10.1 Å². The SMILES string of the molecule is COCCN1CCN(C(=O)c2cccc3c2CN(CCC(C)C)CC(=O)NCCCCCO3)CC1. The molecule has 0 bridgehead atoms. The summed E-state index contributed by atoms with van der Waals surface area (Å²) in [6.07, 6.45) is 3.86. The highest BCUT2D eigenvalue weighted by Crippen LogP contribution is 2.27. The highest BCUT2D eigenvalue weighted by atomic mass is 16.5. The van der Waals surface area contributed by atoms with Crippen molar-refractivity contribution in [2.24, 2.45) is 5.92 Å². The molecule has 35 heavy (non-hydrogen) atoms. The van der Waals surface area contributed by atoms with Gasteiger partial charge in [-0.2, -0.15) is 0 Å². The van der Waals surface area contributed by atoms with Crippen LogP contribution in [0.4, 0.5) is 0 Å². The van der Waals surface area contributed by atoms with Crippen molar-refractivity contribution >= 4 is 11.8 Å². The van der Waals surface area contributed by atoms with Crippen LogP contribution in [0.5, 0.6) is 5.75 Å². The molecule has 2 aliphatic rings. The first-order chi connectivity index (χ1) is 17.0. The molecule has 1 fully saturated rings. The van der Waals surface area contributed by atoms with E-state index in [1.165, 1.54) is 0 Å². The van der Waals surface area contributed by atoms with Gasteiger partial charge in [0.15, 0.2) is 0 Å². The van der Waals surface area contributed by atoms with Gasteiger partial charge in [-0.3, -0.25) is 19.4 Å². The lowest BCUT2D eigenvalue weighted by Gasteiger charge is -2.35. The molecular weight excluding hydrogens is 444 g/mol. The fraction of sp³-hybridized carbons (Fsp3) is 0.704. The van der Waals surface area contributed by atoms with Crippen molar-refractivity contribution in [3.63, 3.8) is 0 Å². The summed E-state index contributed by atoms with van der Waals surface area (Å²) in [5.74, 6) is 1.40. The third-order valence-electron chi connectivity index (χ3n) is 6.81. The summed E-state index contributed by atoms with van der Waals surface area (Å²) in [4.78, 5) is 32.8. The minimum Gasteiger partial charge on any atom is -0.493 e. The Bertz CT molecular complexity index is 808. The van der Waals surface area contributed by atoms with Gasteiger partial charge in [0, 0.05) is 64.0 Å². The number of carbonyl (C=O) groups is 2. The molecule has 1 N–H and O–H groups in total. The Morgan fingerprint density at radius 1 is 1.06 bits per heavy atom. The van der Waals surface area contributed by atoms with Gasteiger partial charge in [0.25, 0.3) is 5.91 Å². The lowest BCUT2D eigenvalue weighted by Crippen LogP contribution is -2.49. The molecule has 1 aromatic rings. The predicted octanol–water partition coefficient (Wildman–Crippen LogP) is 2.62. The second-order valence-corrected chi connectivity index (χ2v) is 10.1. The van der Waals surface area contributed by atoms with Gasteiger partial charge in [-0.1, -0.05) is 19.9 Å². The summed E-state index contributed by atoms with van der Waals surface area (Å²) in [6, 6.07) is 5.81. The van der Waals surface area contributed by atoms with E-state index >= 15 is 0 Å². The molecule has 3 rings (SSSR count). The van der Waals surface area contributed by atoms with Gasteiger partial charge in [-0.05, 0) is 50.3 Å². The molecule has 1 aromatic carbocycles. The van der Waals surface area contributed by atoms with E-state index in [2.05, 4.69) is 29.0 Å². The van der Waals surface area contributed by atoms with Crippen molar-refractivity contribution in [2.75, 3.05) is 72.7 Å². The number of amides is 2. The number of carbonyl (C=O) groups excluding carboxylic acids is 2. The van der Waals surface area contributed by atoms with Crippen LogP contribution in [0.1, 0.15) is 55.5 Å². The molecule has 8 heteroatoms. The number of methoxy groups -OCH3 is 1. The molecule has 8 nitrogen and oxygen atoms in total. The van der Waals surface area contributed by atoms with Crippen molar-refractivity contribution < 1.29 is 19.1 Å². The zero-order valence-corrected chi connectivity index (χ0v) is 21.9. The zero-order chi connectivity index (χ0) is 25.0. The van der Waals surface area contributed by atoms with Crippen molar-refractivity contribution in [1.82, 2.24) is 20.0 Å². The summed E-state index contributed by atoms with van der Waals surface area (Å²) in [7, 11) is 1.72. The lowest BCUT2D eigenvalue weighted by atomic mass is 10.0. The van der Waals surface area contributed by atoms with Crippen LogP contribution in [-0.2, 0) is 16.1 Å². The van der Waals surface area contributed by atoms with Crippen LogP contribution in [0.15, 0.2) is 18.2 Å². The van der Waals surface area contributed by atoms with Crippen molar-refractivity contribution in [1.29, 1.82) is 0 Å². The second-order valence-electron chi connectivity index (χ2n) is 10.1. The Hall–Kier alpha value is -2.16. The van der Waals surface area contributed by atoms with E-state index in [0.717, 1.165) is 63.2 Å². The highest BCUT2D eigenvalue weighted by Gasteiger charge is 2.26. The first kappa shape index (κ1) is 27.4. The third kappa shape index (κ3) is 8.78. The van der Waals surface area contributed by atoms with Gasteiger partial charge in [0.05, 0.1) is 19.8 Å². The first-order valence-electron chi connectivity index (χ1n) is 13.2. The fourth-order valence-electron chi connectivity index (χ4n) is 4.58. The predicted molar refractivity (Wildman–Crippen MR) is 138 cm³/mol. The van der Waals surface area contributed by atoms with Gasteiger partial charge in [0.2, 0.25) is 5.91 Å². The minimum atomic E-state index is 0.0476. The Morgan fingerprint density at radius 3 is 2.60 bits per heavy atom. The molecule has 2 aliphatic heterocycles. The van der Waals surface area contributed by atoms with E-state index in [9.17, 15) is 9.59 Å².